The monoisotopic (exact) mass is 250 g/mol. The maximum Gasteiger partial charge on any atom is 0.274 e. The third-order valence-electron chi connectivity index (χ3n) is 2.07. The van der Waals surface area contributed by atoms with Crippen molar-refractivity contribution in [3.63, 3.8) is 0 Å². The van der Waals surface area contributed by atoms with Crippen LogP contribution in [0.2, 0.25) is 5.02 Å². The van der Waals surface area contributed by atoms with Gasteiger partial charge >= 0.3 is 0 Å². The first-order chi connectivity index (χ1) is 8.16. The highest BCUT2D eigenvalue weighted by molar-refractivity contribution is 6.31. The zero-order valence-corrected chi connectivity index (χ0v) is 9.41. The summed E-state index contributed by atoms with van der Waals surface area (Å²) < 4.78 is 13.4. The van der Waals surface area contributed by atoms with Gasteiger partial charge in [-0.25, -0.2) is 4.39 Å². The fourth-order valence-electron chi connectivity index (χ4n) is 1.28. The molecule has 2 rings (SSSR count). The normalized spacial score (nSPS) is 10.0. The minimum Gasteiger partial charge on any atom is -0.318 e. The largest absolute Gasteiger partial charge is 0.318 e. The summed E-state index contributed by atoms with van der Waals surface area (Å²) >= 11 is 5.71. The number of aromatic nitrogens is 1. The molecule has 1 N–H and O–H groups in total. The van der Waals surface area contributed by atoms with Crippen LogP contribution in [-0.2, 0) is 0 Å². The number of pyridine rings is 1. The molecule has 0 fully saturated rings. The summed E-state index contributed by atoms with van der Waals surface area (Å²) in [4.78, 5) is 15.6. The van der Waals surface area contributed by atoms with Crippen molar-refractivity contribution in [2.75, 3.05) is 5.32 Å². The average Bonchev–Trinajstić information content (AvgIpc) is 2.35. The van der Waals surface area contributed by atoms with Crippen LogP contribution in [0.3, 0.4) is 0 Å². The van der Waals surface area contributed by atoms with Crippen LogP contribution < -0.4 is 5.32 Å². The molecule has 0 aliphatic rings. The van der Waals surface area contributed by atoms with Gasteiger partial charge in [0.1, 0.15) is 11.5 Å². The second-order valence-corrected chi connectivity index (χ2v) is 3.73. The third kappa shape index (κ3) is 2.79. The smallest absolute Gasteiger partial charge is 0.274 e. The van der Waals surface area contributed by atoms with Crippen LogP contribution in [0.25, 0.3) is 0 Å². The number of carbonyl (C=O) groups is 1. The van der Waals surface area contributed by atoms with Gasteiger partial charge in [-0.1, -0.05) is 17.7 Å². The minimum atomic E-state index is -0.543. The van der Waals surface area contributed by atoms with Gasteiger partial charge in [-0.05, 0) is 30.3 Å². The number of carbonyl (C=O) groups excluding carboxylic acids is 1. The average molecular weight is 251 g/mol. The van der Waals surface area contributed by atoms with E-state index >= 15 is 0 Å². The fourth-order valence-corrected chi connectivity index (χ4v) is 1.45. The second kappa shape index (κ2) is 4.93. The Morgan fingerprint density at radius 2 is 2.12 bits per heavy atom. The van der Waals surface area contributed by atoms with Gasteiger partial charge in [0.15, 0.2) is 0 Å². The molecule has 17 heavy (non-hydrogen) atoms. The molecule has 86 valence electrons. The Labute approximate surface area is 102 Å². The number of amides is 1. The Hall–Kier alpha value is -1.94. The topological polar surface area (TPSA) is 42.0 Å². The van der Waals surface area contributed by atoms with E-state index in [1.54, 1.807) is 12.1 Å². The summed E-state index contributed by atoms with van der Waals surface area (Å²) in [6, 6.07) is 8.85. The van der Waals surface area contributed by atoms with Gasteiger partial charge in [0.2, 0.25) is 0 Å². The van der Waals surface area contributed by atoms with E-state index in [1.807, 2.05) is 0 Å². The lowest BCUT2D eigenvalue weighted by atomic mass is 10.3. The Morgan fingerprint density at radius 1 is 1.29 bits per heavy atom. The first-order valence-electron chi connectivity index (χ1n) is 4.84. The highest BCUT2D eigenvalue weighted by Crippen LogP contribution is 2.19. The van der Waals surface area contributed by atoms with Crippen molar-refractivity contribution in [3.05, 3.63) is 59.1 Å². The van der Waals surface area contributed by atoms with E-state index < -0.39 is 11.7 Å². The first kappa shape index (κ1) is 11.5. The quantitative estimate of drug-likeness (QED) is 0.890. The molecule has 3 nitrogen and oxygen atoms in total. The number of rotatable bonds is 2. The summed E-state index contributed by atoms with van der Waals surface area (Å²) in [5.41, 5.74) is 0.250. The zero-order valence-electron chi connectivity index (χ0n) is 8.65. The van der Waals surface area contributed by atoms with Crippen LogP contribution in [0.15, 0.2) is 42.6 Å². The lowest BCUT2D eigenvalue weighted by molar-refractivity contribution is 0.102. The summed E-state index contributed by atoms with van der Waals surface area (Å²) in [5.74, 6) is -1.02. The van der Waals surface area contributed by atoms with Crippen molar-refractivity contribution < 1.29 is 9.18 Å². The molecule has 0 saturated heterocycles. The molecule has 0 aliphatic heterocycles. The number of nitrogens with one attached hydrogen (secondary N) is 1. The van der Waals surface area contributed by atoms with Crippen LogP contribution in [0.1, 0.15) is 10.5 Å². The van der Waals surface area contributed by atoms with Crippen molar-refractivity contribution in [2.24, 2.45) is 0 Å². The number of benzene rings is 1. The number of nitrogens with zero attached hydrogens (tertiary/aromatic N) is 1. The predicted octanol–water partition coefficient (Wildman–Crippen LogP) is 3.13. The molecule has 1 aromatic carbocycles. The van der Waals surface area contributed by atoms with Crippen LogP contribution in [-0.4, -0.2) is 10.9 Å². The van der Waals surface area contributed by atoms with Gasteiger partial charge in [0, 0.05) is 11.2 Å². The Kier molecular flexibility index (Phi) is 3.35. The molecule has 0 unspecified atom stereocenters. The van der Waals surface area contributed by atoms with E-state index in [4.69, 9.17) is 11.6 Å². The molecule has 1 heterocycles. The van der Waals surface area contributed by atoms with Crippen LogP contribution in [0, 0.1) is 5.82 Å². The van der Waals surface area contributed by atoms with Gasteiger partial charge in [0.25, 0.3) is 5.91 Å². The highest BCUT2D eigenvalue weighted by Gasteiger charge is 2.10. The summed E-state index contributed by atoms with van der Waals surface area (Å²) in [5, 5.41) is 2.76. The first-order valence-corrected chi connectivity index (χ1v) is 5.22. The summed E-state index contributed by atoms with van der Waals surface area (Å²) in [7, 11) is 0. The van der Waals surface area contributed by atoms with Crippen LogP contribution >= 0.6 is 11.6 Å². The molecular formula is C12H8ClFN2O. The van der Waals surface area contributed by atoms with E-state index in [0.717, 1.165) is 0 Å². The third-order valence-corrected chi connectivity index (χ3v) is 2.31. The number of halogens is 2. The molecule has 0 saturated carbocycles. The van der Waals surface area contributed by atoms with Gasteiger partial charge < -0.3 is 5.32 Å². The molecule has 0 atom stereocenters. The van der Waals surface area contributed by atoms with E-state index in [2.05, 4.69) is 10.3 Å². The number of hydrogen-bond donors (Lipinski definition) is 1. The summed E-state index contributed by atoms with van der Waals surface area (Å²) in [6.07, 6.45) is 1.49. The van der Waals surface area contributed by atoms with E-state index in [0.29, 0.717) is 5.02 Å². The predicted molar refractivity (Wildman–Crippen MR) is 63.6 cm³/mol. The molecule has 0 aliphatic carbocycles. The van der Waals surface area contributed by atoms with Crippen LogP contribution in [0.5, 0.6) is 0 Å². The second-order valence-electron chi connectivity index (χ2n) is 3.29. The van der Waals surface area contributed by atoms with Gasteiger partial charge in [-0.3, -0.25) is 9.78 Å². The van der Waals surface area contributed by atoms with Crippen molar-refractivity contribution in [3.8, 4) is 0 Å². The SMILES string of the molecule is O=C(Nc1cc(Cl)ccc1F)c1ccccn1. The lowest BCUT2D eigenvalue weighted by Crippen LogP contribution is -2.14. The Bertz CT molecular complexity index is 545. The lowest BCUT2D eigenvalue weighted by Gasteiger charge is -2.05. The molecule has 0 spiro atoms. The summed E-state index contributed by atoms with van der Waals surface area (Å²) in [6.45, 7) is 0. The van der Waals surface area contributed by atoms with Crippen molar-refractivity contribution in [2.45, 2.75) is 0 Å². The van der Waals surface area contributed by atoms with Gasteiger partial charge in [0.05, 0.1) is 5.69 Å². The number of anilines is 1. The van der Waals surface area contributed by atoms with E-state index in [-0.39, 0.29) is 11.4 Å². The molecule has 0 radical (unpaired) electrons. The van der Waals surface area contributed by atoms with Crippen molar-refractivity contribution >= 4 is 23.2 Å². The Balaban J connectivity index is 2.22. The maximum absolute atomic E-state index is 13.4. The van der Waals surface area contributed by atoms with Gasteiger partial charge in [-0.2, -0.15) is 0 Å². The van der Waals surface area contributed by atoms with Crippen molar-refractivity contribution in [1.29, 1.82) is 0 Å². The highest BCUT2D eigenvalue weighted by atomic mass is 35.5. The van der Waals surface area contributed by atoms with E-state index in [9.17, 15) is 9.18 Å². The minimum absolute atomic E-state index is 0.0353. The fraction of sp³-hybridized carbons (Fsp3) is 0. The molecule has 2 aromatic rings. The molecular weight excluding hydrogens is 243 g/mol. The molecule has 1 aromatic heterocycles. The molecule has 0 bridgehead atoms. The zero-order chi connectivity index (χ0) is 12.3. The van der Waals surface area contributed by atoms with Crippen LogP contribution in [0.4, 0.5) is 10.1 Å². The van der Waals surface area contributed by atoms with Gasteiger partial charge in [-0.15, -0.1) is 0 Å². The molecule has 1 amide bonds. The maximum atomic E-state index is 13.4. The molecule has 5 heteroatoms. The Morgan fingerprint density at radius 3 is 2.82 bits per heavy atom. The van der Waals surface area contributed by atoms with E-state index in [1.165, 1.54) is 30.5 Å². The standard InChI is InChI=1S/C12H8ClFN2O/c13-8-4-5-9(14)11(7-8)16-12(17)10-3-1-2-6-15-10/h1-7H,(H,16,17). The number of hydrogen-bond acceptors (Lipinski definition) is 2. The van der Waals surface area contributed by atoms with Crippen molar-refractivity contribution in [1.82, 2.24) is 4.98 Å².